The third kappa shape index (κ3) is 5.22. The van der Waals surface area contributed by atoms with E-state index in [1.807, 2.05) is 6.07 Å². The van der Waals surface area contributed by atoms with Crippen LogP contribution in [-0.4, -0.2) is 4.57 Å². The van der Waals surface area contributed by atoms with Crippen molar-refractivity contribution >= 4 is 82.4 Å². The van der Waals surface area contributed by atoms with Crippen molar-refractivity contribution in [1.82, 2.24) is 4.57 Å². The normalized spacial score (nSPS) is 11.7. The number of benzene rings is 10. The Bertz CT molecular complexity index is 3540. The van der Waals surface area contributed by atoms with Crippen molar-refractivity contribution < 1.29 is 4.42 Å². The predicted octanol–water partition coefficient (Wildman–Crippen LogP) is 15.8. The molecule has 0 unspecified atom stereocenters. The highest BCUT2D eigenvalue weighted by atomic mass is 16.3. The number of nitrogens with zero attached hydrogens (tertiary/aromatic N) is 2. The maximum Gasteiger partial charge on any atom is 0.143 e. The summed E-state index contributed by atoms with van der Waals surface area (Å²) in [5, 5.41) is 9.56. The third-order valence-electron chi connectivity index (χ3n) is 12.0. The predicted molar refractivity (Wildman–Crippen MR) is 249 cm³/mol. The number of fused-ring (bicyclic) bond motifs is 9. The van der Waals surface area contributed by atoms with Gasteiger partial charge in [-0.1, -0.05) is 170 Å². The summed E-state index contributed by atoms with van der Waals surface area (Å²) in [6.45, 7) is 0. The van der Waals surface area contributed by atoms with Crippen LogP contribution >= 0.6 is 0 Å². The number of anilines is 3. The van der Waals surface area contributed by atoms with E-state index >= 15 is 0 Å². The van der Waals surface area contributed by atoms with Gasteiger partial charge >= 0.3 is 0 Å². The van der Waals surface area contributed by atoms with Crippen molar-refractivity contribution in [2.45, 2.75) is 0 Å². The Labute approximate surface area is 341 Å². The van der Waals surface area contributed by atoms with Crippen LogP contribution in [-0.2, 0) is 0 Å². The van der Waals surface area contributed by atoms with Crippen LogP contribution in [0.15, 0.2) is 223 Å². The second-order valence-corrected chi connectivity index (χ2v) is 15.2. The average molecular weight is 753 g/mol. The maximum absolute atomic E-state index is 6.58. The minimum absolute atomic E-state index is 0.895. The van der Waals surface area contributed by atoms with Crippen LogP contribution in [0.2, 0.25) is 0 Å². The molecule has 59 heavy (non-hydrogen) atoms. The first-order valence-electron chi connectivity index (χ1n) is 20.2. The molecule has 0 aliphatic carbocycles. The Morgan fingerprint density at radius 3 is 1.75 bits per heavy atom. The molecule has 0 spiro atoms. The monoisotopic (exact) mass is 752 g/mol. The molecule has 0 amide bonds. The van der Waals surface area contributed by atoms with Gasteiger partial charge in [0.25, 0.3) is 0 Å². The van der Waals surface area contributed by atoms with Crippen LogP contribution in [0.25, 0.3) is 93.2 Å². The molecule has 0 radical (unpaired) electrons. The number of rotatable bonds is 6. The minimum Gasteiger partial charge on any atom is -0.455 e. The van der Waals surface area contributed by atoms with Gasteiger partial charge in [-0.25, -0.2) is 0 Å². The zero-order valence-corrected chi connectivity index (χ0v) is 32.1. The lowest BCUT2D eigenvalue weighted by atomic mass is 9.96. The molecule has 0 fully saturated rings. The van der Waals surface area contributed by atoms with E-state index in [1.165, 1.54) is 43.4 Å². The highest BCUT2D eigenvalue weighted by Gasteiger charge is 2.24. The van der Waals surface area contributed by atoms with E-state index < -0.39 is 0 Å². The molecule has 0 aliphatic heterocycles. The number of hydrogen-bond donors (Lipinski definition) is 0. The quantitative estimate of drug-likeness (QED) is 0.158. The van der Waals surface area contributed by atoms with Gasteiger partial charge in [-0.2, -0.15) is 0 Å². The fourth-order valence-corrected chi connectivity index (χ4v) is 9.39. The molecule has 3 heteroatoms. The van der Waals surface area contributed by atoms with Crippen LogP contribution in [0.3, 0.4) is 0 Å². The molecule has 0 saturated heterocycles. The first kappa shape index (κ1) is 33.3. The van der Waals surface area contributed by atoms with Gasteiger partial charge in [0.2, 0.25) is 0 Å². The lowest BCUT2D eigenvalue weighted by Gasteiger charge is -2.30. The fourth-order valence-electron chi connectivity index (χ4n) is 9.39. The second-order valence-electron chi connectivity index (χ2n) is 15.2. The SMILES string of the molecule is c1cc(-c2cccc3c2oc2ccccc23)cc(N(c2ccccc2-c2ccccc2-n2c3ccccc3c3ccccc32)c2cc3ccccc3c3ccccc23)c1. The van der Waals surface area contributed by atoms with Crippen molar-refractivity contribution in [2.24, 2.45) is 0 Å². The molecule has 2 heterocycles. The van der Waals surface area contributed by atoms with Gasteiger partial charge < -0.3 is 13.9 Å². The fraction of sp³-hybridized carbons (Fsp3) is 0. The maximum atomic E-state index is 6.58. The van der Waals surface area contributed by atoms with E-state index in [4.69, 9.17) is 4.42 Å². The van der Waals surface area contributed by atoms with Crippen LogP contribution in [0.1, 0.15) is 0 Å². The van der Waals surface area contributed by atoms with Gasteiger partial charge in [-0.05, 0) is 70.3 Å². The topological polar surface area (TPSA) is 21.3 Å². The van der Waals surface area contributed by atoms with Crippen LogP contribution in [0.4, 0.5) is 17.1 Å². The Kier molecular flexibility index (Phi) is 7.54. The third-order valence-corrected chi connectivity index (χ3v) is 12.0. The summed E-state index contributed by atoms with van der Waals surface area (Å²) in [6.07, 6.45) is 0. The second kappa shape index (κ2) is 13.4. The molecule has 0 N–H and O–H groups in total. The molecule has 0 saturated carbocycles. The Hall–Kier alpha value is -7.88. The summed E-state index contributed by atoms with van der Waals surface area (Å²) in [4.78, 5) is 2.47. The standard InChI is InChI=1S/C56H36N2O/c1-2-20-40-38(17-1)36-54(43-22-4-3-21-42(40)43)57(39-19-15-18-37(35-39)41-28-16-29-49-48-27-9-14-34-55(48)59-56(41)49)50-30-10-5-23-44(50)45-24-6-11-31-51(45)58-52-32-12-7-25-46(52)47-26-8-13-33-53(47)58/h1-36H. The molecule has 2 aromatic heterocycles. The summed E-state index contributed by atoms with van der Waals surface area (Å²) in [7, 11) is 0. The van der Waals surface area contributed by atoms with Crippen molar-refractivity contribution in [3.8, 4) is 27.9 Å². The first-order valence-corrected chi connectivity index (χ1v) is 20.2. The highest BCUT2D eigenvalue weighted by Crippen LogP contribution is 2.48. The smallest absolute Gasteiger partial charge is 0.143 e. The van der Waals surface area contributed by atoms with Crippen molar-refractivity contribution in [1.29, 1.82) is 0 Å². The number of aromatic nitrogens is 1. The van der Waals surface area contributed by atoms with E-state index in [9.17, 15) is 0 Å². The summed E-state index contributed by atoms with van der Waals surface area (Å²) in [5.74, 6) is 0. The van der Waals surface area contributed by atoms with Crippen molar-refractivity contribution in [3.63, 3.8) is 0 Å². The molecule has 276 valence electrons. The first-order chi connectivity index (χ1) is 29.3. The van der Waals surface area contributed by atoms with Crippen LogP contribution in [0.5, 0.6) is 0 Å². The zero-order valence-electron chi connectivity index (χ0n) is 32.1. The molecule has 10 aromatic carbocycles. The van der Waals surface area contributed by atoms with Gasteiger partial charge in [-0.15, -0.1) is 0 Å². The Morgan fingerprint density at radius 1 is 0.356 bits per heavy atom. The molecule has 0 aliphatic rings. The lowest BCUT2D eigenvalue weighted by Crippen LogP contribution is -2.12. The molecular formula is C56H36N2O. The van der Waals surface area contributed by atoms with E-state index in [0.717, 1.165) is 66.9 Å². The molecule has 0 atom stereocenters. The Balaban J connectivity index is 1.14. The highest BCUT2D eigenvalue weighted by molar-refractivity contribution is 6.16. The van der Waals surface area contributed by atoms with Gasteiger partial charge in [0.15, 0.2) is 0 Å². The summed E-state index contributed by atoms with van der Waals surface area (Å²) in [5.41, 5.74) is 13.0. The van der Waals surface area contributed by atoms with Gasteiger partial charge in [0, 0.05) is 49.3 Å². The zero-order chi connectivity index (χ0) is 38.9. The molecule has 12 rings (SSSR count). The lowest BCUT2D eigenvalue weighted by molar-refractivity contribution is 0.670. The number of hydrogen-bond acceptors (Lipinski definition) is 2. The number of furan rings is 1. The van der Waals surface area contributed by atoms with Crippen molar-refractivity contribution in [2.75, 3.05) is 4.90 Å². The van der Waals surface area contributed by atoms with Crippen LogP contribution in [0, 0.1) is 0 Å². The van der Waals surface area contributed by atoms with E-state index in [2.05, 4.69) is 222 Å². The van der Waals surface area contributed by atoms with Gasteiger partial charge in [0.1, 0.15) is 11.2 Å². The number of para-hydroxylation sites is 6. The molecule has 3 nitrogen and oxygen atoms in total. The average Bonchev–Trinajstić information content (AvgIpc) is 3.86. The van der Waals surface area contributed by atoms with Crippen LogP contribution < -0.4 is 4.90 Å². The van der Waals surface area contributed by atoms with E-state index in [-0.39, 0.29) is 0 Å². The molecule has 12 aromatic rings. The summed E-state index contributed by atoms with van der Waals surface area (Å²) < 4.78 is 9.02. The molecule has 0 bridgehead atoms. The van der Waals surface area contributed by atoms with E-state index in [1.54, 1.807) is 0 Å². The minimum atomic E-state index is 0.895. The summed E-state index contributed by atoms with van der Waals surface area (Å²) >= 11 is 0. The van der Waals surface area contributed by atoms with Crippen molar-refractivity contribution in [3.05, 3.63) is 218 Å². The Morgan fingerprint density at radius 2 is 0.932 bits per heavy atom. The largest absolute Gasteiger partial charge is 0.455 e. The van der Waals surface area contributed by atoms with E-state index in [0.29, 0.717) is 0 Å². The summed E-state index contributed by atoms with van der Waals surface area (Å²) in [6, 6.07) is 78.8. The van der Waals surface area contributed by atoms with Gasteiger partial charge in [0.05, 0.1) is 28.1 Å². The molecular weight excluding hydrogens is 717 g/mol. The van der Waals surface area contributed by atoms with Gasteiger partial charge in [-0.3, -0.25) is 0 Å².